The molecule has 0 heterocycles. The van der Waals surface area contributed by atoms with Gasteiger partial charge < -0.3 is 9.84 Å². The zero-order valence-electron chi connectivity index (χ0n) is 8.04. The lowest BCUT2D eigenvalue weighted by Crippen LogP contribution is -2.19. The number of ether oxygens (including phenoxy) is 1. The van der Waals surface area contributed by atoms with E-state index in [0.717, 1.165) is 6.07 Å². The van der Waals surface area contributed by atoms with Gasteiger partial charge in [0.1, 0.15) is 0 Å². The molecule has 0 saturated carbocycles. The Balaban J connectivity index is 2.66. The molecule has 1 aromatic rings. The minimum atomic E-state index is -1.15. The van der Waals surface area contributed by atoms with Crippen molar-refractivity contribution >= 4 is 5.97 Å². The van der Waals surface area contributed by atoms with Crippen molar-refractivity contribution in [3.63, 3.8) is 0 Å². The van der Waals surface area contributed by atoms with Crippen LogP contribution in [0.15, 0.2) is 18.2 Å². The van der Waals surface area contributed by atoms with Crippen LogP contribution in [-0.2, 0) is 16.1 Å². The lowest BCUT2D eigenvalue weighted by molar-refractivity contribution is -0.149. The first kappa shape index (κ1) is 11.6. The molecule has 1 rings (SSSR count). The third-order valence-electron chi connectivity index (χ3n) is 1.87. The summed E-state index contributed by atoms with van der Waals surface area (Å²) in [4.78, 5) is 10.4. The molecule has 1 unspecified atom stereocenters. The zero-order valence-corrected chi connectivity index (χ0v) is 8.04. The van der Waals surface area contributed by atoms with Crippen molar-refractivity contribution in [1.29, 1.82) is 0 Å². The topological polar surface area (TPSA) is 46.5 Å². The second kappa shape index (κ2) is 4.84. The second-order valence-electron chi connectivity index (χ2n) is 3.00. The maximum atomic E-state index is 13.1. The summed E-state index contributed by atoms with van der Waals surface area (Å²) in [7, 11) is 0. The monoisotopic (exact) mass is 216 g/mol. The third kappa shape index (κ3) is 2.99. The number of hydrogen-bond acceptors (Lipinski definition) is 2. The smallest absolute Gasteiger partial charge is 0.332 e. The Morgan fingerprint density at radius 3 is 2.80 bits per heavy atom. The molecule has 0 aliphatic carbocycles. The number of halogens is 2. The van der Waals surface area contributed by atoms with Gasteiger partial charge in [-0.05, 0) is 13.0 Å². The Morgan fingerprint density at radius 1 is 1.53 bits per heavy atom. The first-order chi connectivity index (χ1) is 7.02. The summed E-state index contributed by atoms with van der Waals surface area (Å²) in [5.74, 6) is -3.12. The zero-order chi connectivity index (χ0) is 11.4. The van der Waals surface area contributed by atoms with Gasteiger partial charge in [0.25, 0.3) is 0 Å². The van der Waals surface area contributed by atoms with Gasteiger partial charge in [0.15, 0.2) is 17.7 Å². The van der Waals surface area contributed by atoms with E-state index in [-0.39, 0.29) is 12.2 Å². The molecule has 0 aromatic heterocycles. The van der Waals surface area contributed by atoms with Crippen molar-refractivity contribution in [2.24, 2.45) is 0 Å². The van der Waals surface area contributed by atoms with Gasteiger partial charge in [-0.25, -0.2) is 13.6 Å². The molecule has 1 aromatic carbocycles. The first-order valence-electron chi connectivity index (χ1n) is 4.29. The molecule has 15 heavy (non-hydrogen) atoms. The van der Waals surface area contributed by atoms with E-state index in [1.807, 2.05) is 0 Å². The fourth-order valence-corrected chi connectivity index (χ4v) is 0.946. The number of carboxylic acids is 1. The van der Waals surface area contributed by atoms with Crippen molar-refractivity contribution in [1.82, 2.24) is 0 Å². The van der Waals surface area contributed by atoms with Crippen LogP contribution in [0.5, 0.6) is 0 Å². The summed E-state index contributed by atoms with van der Waals surface area (Å²) in [6.45, 7) is 1.05. The quantitative estimate of drug-likeness (QED) is 0.836. The maximum absolute atomic E-state index is 13.1. The number of rotatable bonds is 4. The van der Waals surface area contributed by atoms with E-state index in [2.05, 4.69) is 0 Å². The number of hydrogen-bond donors (Lipinski definition) is 1. The van der Waals surface area contributed by atoms with E-state index in [1.165, 1.54) is 19.1 Å². The Bertz CT molecular complexity index is 366. The summed E-state index contributed by atoms with van der Waals surface area (Å²) in [5, 5.41) is 8.49. The predicted octanol–water partition coefficient (Wildman–Crippen LogP) is 1.95. The van der Waals surface area contributed by atoms with Gasteiger partial charge in [-0.15, -0.1) is 0 Å². The van der Waals surface area contributed by atoms with Crippen molar-refractivity contribution < 1.29 is 23.4 Å². The van der Waals surface area contributed by atoms with E-state index in [9.17, 15) is 13.6 Å². The predicted molar refractivity (Wildman–Crippen MR) is 48.2 cm³/mol. The summed E-state index contributed by atoms with van der Waals surface area (Å²) < 4.78 is 30.6. The third-order valence-corrected chi connectivity index (χ3v) is 1.87. The molecule has 0 aliphatic rings. The fraction of sp³-hybridized carbons (Fsp3) is 0.300. The molecule has 0 radical (unpaired) electrons. The number of benzene rings is 1. The van der Waals surface area contributed by atoms with Gasteiger partial charge in [-0.2, -0.15) is 0 Å². The van der Waals surface area contributed by atoms with Crippen LogP contribution in [0.3, 0.4) is 0 Å². The van der Waals surface area contributed by atoms with Crippen LogP contribution in [0.1, 0.15) is 12.5 Å². The molecule has 1 atom stereocenters. The highest BCUT2D eigenvalue weighted by Crippen LogP contribution is 2.13. The average molecular weight is 216 g/mol. The molecule has 3 nitrogen and oxygen atoms in total. The average Bonchev–Trinajstić information content (AvgIpc) is 2.19. The van der Waals surface area contributed by atoms with Gasteiger partial charge in [0, 0.05) is 5.56 Å². The SMILES string of the molecule is CC(OCc1cccc(F)c1F)C(=O)O. The molecule has 0 amide bonds. The van der Waals surface area contributed by atoms with E-state index < -0.39 is 23.7 Å². The van der Waals surface area contributed by atoms with E-state index >= 15 is 0 Å². The second-order valence-corrected chi connectivity index (χ2v) is 3.00. The Morgan fingerprint density at radius 2 is 2.20 bits per heavy atom. The Kier molecular flexibility index (Phi) is 3.74. The summed E-state index contributed by atoms with van der Waals surface area (Å²) in [6, 6.07) is 3.66. The van der Waals surface area contributed by atoms with Crippen LogP contribution >= 0.6 is 0 Å². The van der Waals surface area contributed by atoms with Crippen LogP contribution < -0.4 is 0 Å². The normalized spacial score (nSPS) is 12.5. The van der Waals surface area contributed by atoms with Gasteiger partial charge in [-0.1, -0.05) is 12.1 Å². The highest BCUT2D eigenvalue weighted by atomic mass is 19.2. The van der Waals surface area contributed by atoms with E-state index in [0.29, 0.717) is 0 Å². The van der Waals surface area contributed by atoms with Crippen molar-refractivity contribution in [2.45, 2.75) is 19.6 Å². The highest BCUT2D eigenvalue weighted by Gasteiger charge is 2.13. The summed E-state index contributed by atoms with van der Waals surface area (Å²) >= 11 is 0. The van der Waals surface area contributed by atoms with E-state index in [4.69, 9.17) is 9.84 Å². The number of carbonyl (C=O) groups is 1. The first-order valence-corrected chi connectivity index (χ1v) is 4.29. The van der Waals surface area contributed by atoms with E-state index in [1.54, 1.807) is 0 Å². The molecular formula is C10H10F2O3. The van der Waals surface area contributed by atoms with Crippen LogP contribution in [-0.4, -0.2) is 17.2 Å². The molecule has 0 fully saturated rings. The van der Waals surface area contributed by atoms with Crippen molar-refractivity contribution in [3.05, 3.63) is 35.4 Å². The lowest BCUT2D eigenvalue weighted by atomic mass is 10.2. The molecule has 82 valence electrons. The van der Waals surface area contributed by atoms with Gasteiger partial charge in [-0.3, -0.25) is 0 Å². The van der Waals surface area contributed by atoms with Gasteiger partial charge in [0.05, 0.1) is 6.61 Å². The van der Waals surface area contributed by atoms with Crippen LogP contribution in [0.25, 0.3) is 0 Å². The molecule has 0 bridgehead atoms. The molecule has 0 spiro atoms. The van der Waals surface area contributed by atoms with Crippen LogP contribution in [0.2, 0.25) is 0 Å². The van der Waals surface area contributed by atoms with Crippen LogP contribution in [0, 0.1) is 11.6 Å². The molecule has 5 heteroatoms. The van der Waals surface area contributed by atoms with Crippen molar-refractivity contribution in [3.8, 4) is 0 Å². The maximum Gasteiger partial charge on any atom is 0.332 e. The lowest BCUT2D eigenvalue weighted by Gasteiger charge is -2.08. The minimum absolute atomic E-state index is 0.00287. The Hall–Kier alpha value is -1.49. The summed E-state index contributed by atoms with van der Waals surface area (Å²) in [5.41, 5.74) is 0.00287. The number of carboxylic acid groups (broad SMARTS) is 1. The molecule has 0 aliphatic heterocycles. The highest BCUT2D eigenvalue weighted by molar-refractivity contribution is 5.71. The number of aliphatic carboxylic acids is 1. The fourth-order valence-electron chi connectivity index (χ4n) is 0.946. The van der Waals surface area contributed by atoms with Crippen LogP contribution in [0.4, 0.5) is 8.78 Å². The molecule has 1 N–H and O–H groups in total. The largest absolute Gasteiger partial charge is 0.479 e. The van der Waals surface area contributed by atoms with Gasteiger partial charge >= 0.3 is 5.97 Å². The molecular weight excluding hydrogens is 206 g/mol. The minimum Gasteiger partial charge on any atom is -0.479 e. The summed E-state index contributed by atoms with van der Waals surface area (Å²) in [6.07, 6.45) is -1.05. The van der Waals surface area contributed by atoms with Gasteiger partial charge in [0.2, 0.25) is 0 Å². The van der Waals surface area contributed by atoms with Crippen molar-refractivity contribution in [2.75, 3.05) is 0 Å². The Labute approximate surface area is 85.3 Å². The standard InChI is InChI=1S/C10H10F2O3/c1-6(10(13)14)15-5-7-3-2-4-8(11)9(7)12/h2-4,6H,5H2,1H3,(H,13,14). The molecule has 0 saturated heterocycles.